The zero-order valence-electron chi connectivity index (χ0n) is 11.2. The van der Waals surface area contributed by atoms with Gasteiger partial charge in [-0.15, -0.1) is 0 Å². The van der Waals surface area contributed by atoms with E-state index in [2.05, 4.69) is 19.5 Å². The fourth-order valence-corrected chi connectivity index (χ4v) is 2.63. The van der Waals surface area contributed by atoms with Crippen molar-refractivity contribution in [3.8, 4) is 6.01 Å². The molecule has 2 heterocycles. The SMILES string of the molecule is CCCOc1nc(N)c2ncn(C3CCCC3)c2n1. The lowest BCUT2D eigenvalue weighted by atomic mass is 10.2. The molecule has 6 nitrogen and oxygen atoms in total. The normalized spacial score (nSPS) is 16.3. The average molecular weight is 261 g/mol. The molecule has 0 unspecified atom stereocenters. The molecule has 2 aromatic heterocycles. The van der Waals surface area contributed by atoms with Gasteiger partial charge >= 0.3 is 6.01 Å². The number of hydrogen-bond donors (Lipinski definition) is 1. The Morgan fingerprint density at radius 1 is 1.37 bits per heavy atom. The number of imidazole rings is 1. The van der Waals surface area contributed by atoms with Crippen LogP contribution < -0.4 is 10.5 Å². The largest absolute Gasteiger partial charge is 0.463 e. The highest BCUT2D eigenvalue weighted by molar-refractivity contribution is 5.82. The minimum Gasteiger partial charge on any atom is -0.463 e. The summed E-state index contributed by atoms with van der Waals surface area (Å²) < 4.78 is 7.61. The molecule has 0 aliphatic heterocycles. The Kier molecular flexibility index (Phi) is 3.23. The first-order valence-corrected chi connectivity index (χ1v) is 6.92. The molecule has 1 aliphatic rings. The number of fused-ring (bicyclic) bond motifs is 1. The zero-order valence-corrected chi connectivity index (χ0v) is 11.2. The van der Waals surface area contributed by atoms with Crippen LogP contribution in [0.5, 0.6) is 6.01 Å². The van der Waals surface area contributed by atoms with Gasteiger partial charge in [0.05, 0.1) is 12.9 Å². The second-order valence-electron chi connectivity index (χ2n) is 5.00. The molecule has 3 rings (SSSR count). The van der Waals surface area contributed by atoms with E-state index in [1.165, 1.54) is 25.7 Å². The van der Waals surface area contributed by atoms with Crippen molar-refractivity contribution in [1.29, 1.82) is 0 Å². The number of aromatic nitrogens is 4. The molecule has 102 valence electrons. The van der Waals surface area contributed by atoms with Gasteiger partial charge in [0.25, 0.3) is 0 Å². The maximum atomic E-state index is 5.93. The number of nitrogens with two attached hydrogens (primary N) is 1. The Bertz CT molecular complexity index is 574. The van der Waals surface area contributed by atoms with Crippen molar-refractivity contribution in [3.63, 3.8) is 0 Å². The average Bonchev–Trinajstić information content (AvgIpc) is 3.04. The third-order valence-corrected chi connectivity index (χ3v) is 3.58. The maximum absolute atomic E-state index is 5.93. The van der Waals surface area contributed by atoms with Gasteiger partial charge in [-0.2, -0.15) is 9.97 Å². The van der Waals surface area contributed by atoms with Crippen LogP contribution >= 0.6 is 0 Å². The van der Waals surface area contributed by atoms with Crippen molar-refractivity contribution in [2.75, 3.05) is 12.3 Å². The molecule has 2 N–H and O–H groups in total. The molecule has 6 heteroatoms. The number of rotatable bonds is 4. The van der Waals surface area contributed by atoms with Crippen molar-refractivity contribution < 1.29 is 4.74 Å². The Balaban J connectivity index is 2.01. The third kappa shape index (κ3) is 2.22. The summed E-state index contributed by atoms with van der Waals surface area (Å²) in [7, 11) is 0. The van der Waals surface area contributed by atoms with Gasteiger partial charge in [0, 0.05) is 6.04 Å². The molecule has 0 atom stereocenters. The smallest absolute Gasteiger partial charge is 0.320 e. The summed E-state index contributed by atoms with van der Waals surface area (Å²) in [6, 6.07) is 0.838. The van der Waals surface area contributed by atoms with E-state index in [0.29, 0.717) is 30.0 Å². The van der Waals surface area contributed by atoms with Gasteiger partial charge in [0.1, 0.15) is 0 Å². The van der Waals surface area contributed by atoms with Crippen LogP contribution in [0.25, 0.3) is 11.2 Å². The van der Waals surface area contributed by atoms with Gasteiger partial charge < -0.3 is 15.0 Å². The van der Waals surface area contributed by atoms with Crippen molar-refractivity contribution >= 4 is 17.0 Å². The van der Waals surface area contributed by atoms with Crippen LogP contribution in [0.1, 0.15) is 45.1 Å². The molecule has 0 radical (unpaired) electrons. The summed E-state index contributed by atoms with van der Waals surface area (Å²) in [5.74, 6) is 0.396. The van der Waals surface area contributed by atoms with Gasteiger partial charge in [0.15, 0.2) is 17.0 Å². The summed E-state index contributed by atoms with van der Waals surface area (Å²) in [4.78, 5) is 13.0. The van der Waals surface area contributed by atoms with E-state index in [4.69, 9.17) is 10.5 Å². The van der Waals surface area contributed by atoms with Gasteiger partial charge in [-0.05, 0) is 19.3 Å². The second-order valence-corrected chi connectivity index (χ2v) is 5.00. The van der Waals surface area contributed by atoms with E-state index >= 15 is 0 Å². The molecule has 0 amide bonds. The Morgan fingerprint density at radius 3 is 2.89 bits per heavy atom. The Morgan fingerprint density at radius 2 is 2.16 bits per heavy atom. The van der Waals surface area contributed by atoms with Crippen molar-refractivity contribution in [1.82, 2.24) is 19.5 Å². The molecule has 0 spiro atoms. The van der Waals surface area contributed by atoms with E-state index in [-0.39, 0.29) is 0 Å². The minimum atomic E-state index is 0.353. The molecule has 0 aromatic carbocycles. The van der Waals surface area contributed by atoms with Crippen LogP contribution in [0.15, 0.2) is 6.33 Å². The summed E-state index contributed by atoms with van der Waals surface area (Å²) in [5, 5.41) is 0. The molecular formula is C13H19N5O. The number of hydrogen-bond acceptors (Lipinski definition) is 5. The second kappa shape index (κ2) is 5.03. The summed E-state index contributed by atoms with van der Waals surface area (Å²) in [5.41, 5.74) is 7.41. The van der Waals surface area contributed by atoms with Crippen LogP contribution in [0.3, 0.4) is 0 Å². The topological polar surface area (TPSA) is 78.9 Å². The number of nitrogens with zero attached hydrogens (tertiary/aromatic N) is 4. The molecule has 1 aliphatic carbocycles. The Hall–Kier alpha value is -1.85. The van der Waals surface area contributed by atoms with Crippen LogP contribution in [0, 0.1) is 0 Å². The van der Waals surface area contributed by atoms with Crippen LogP contribution in [-0.2, 0) is 0 Å². The minimum absolute atomic E-state index is 0.353. The highest BCUT2D eigenvalue weighted by atomic mass is 16.5. The van der Waals surface area contributed by atoms with Crippen molar-refractivity contribution in [2.24, 2.45) is 0 Å². The predicted molar refractivity (Wildman–Crippen MR) is 73.0 cm³/mol. The van der Waals surface area contributed by atoms with E-state index < -0.39 is 0 Å². The fraction of sp³-hybridized carbons (Fsp3) is 0.615. The van der Waals surface area contributed by atoms with Crippen molar-refractivity contribution in [3.05, 3.63) is 6.33 Å². The number of ether oxygens (including phenoxy) is 1. The molecule has 0 bridgehead atoms. The first kappa shape index (κ1) is 12.2. The van der Waals surface area contributed by atoms with Gasteiger partial charge in [0.2, 0.25) is 0 Å². The number of anilines is 1. The quantitative estimate of drug-likeness (QED) is 0.913. The predicted octanol–water partition coefficient (Wildman–Crippen LogP) is 2.31. The van der Waals surface area contributed by atoms with E-state index in [1.807, 2.05) is 13.3 Å². The Labute approximate surface area is 112 Å². The molecule has 1 fully saturated rings. The summed E-state index contributed by atoms with van der Waals surface area (Å²) in [6.07, 6.45) is 7.65. The van der Waals surface area contributed by atoms with Gasteiger partial charge in [-0.25, -0.2) is 4.98 Å². The highest BCUT2D eigenvalue weighted by Gasteiger charge is 2.21. The third-order valence-electron chi connectivity index (χ3n) is 3.58. The molecule has 2 aromatic rings. The van der Waals surface area contributed by atoms with Gasteiger partial charge in [-0.3, -0.25) is 0 Å². The lowest BCUT2D eigenvalue weighted by molar-refractivity contribution is 0.293. The lowest BCUT2D eigenvalue weighted by Crippen LogP contribution is -2.07. The first-order valence-electron chi connectivity index (χ1n) is 6.92. The van der Waals surface area contributed by atoms with Crippen LogP contribution in [0.2, 0.25) is 0 Å². The van der Waals surface area contributed by atoms with Crippen LogP contribution in [-0.4, -0.2) is 26.1 Å². The number of nitrogen functional groups attached to an aromatic ring is 1. The van der Waals surface area contributed by atoms with E-state index in [0.717, 1.165) is 12.1 Å². The fourth-order valence-electron chi connectivity index (χ4n) is 2.63. The summed E-state index contributed by atoms with van der Waals surface area (Å²) >= 11 is 0. The monoisotopic (exact) mass is 261 g/mol. The van der Waals surface area contributed by atoms with Gasteiger partial charge in [-0.1, -0.05) is 19.8 Å². The van der Waals surface area contributed by atoms with Crippen LogP contribution in [0.4, 0.5) is 5.82 Å². The lowest BCUT2D eigenvalue weighted by Gasteiger charge is -2.12. The van der Waals surface area contributed by atoms with Crippen molar-refractivity contribution in [2.45, 2.75) is 45.1 Å². The molecule has 0 saturated heterocycles. The summed E-state index contributed by atoms with van der Waals surface area (Å²) in [6.45, 7) is 2.65. The molecule has 1 saturated carbocycles. The highest BCUT2D eigenvalue weighted by Crippen LogP contribution is 2.32. The standard InChI is InChI=1S/C13H19N5O/c1-2-7-19-13-16-11(14)10-12(17-13)18(8-15-10)9-5-3-4-6-9/h8-9H,2-7H2,1H3,(H2,14,16,17). The van der Waals surface area contributed by atoms with E-state index in [9.17, 15) is 0 Å². The molecular weight excluding hydrogens is 242 g/mol. The zero-order chi connectivity index (χ0) is 13.2. The maximum Gasteiger partial charge on any atom is 0.320 e. The molecule has 19 heavy (non-hydrogen) atoms. The van der Waals surface area contributed by atoms with E-state index in [1.54, 1.807) is 0 Å². The first-order chi connectivity index (χ1) is 9.29.